The lowest BCUT2D eigenvalue weighted by molar-refractivity contribution is -0.384. The van der Waals surface area contributed by atoms with Gasteiger partial charge in [0.1, 0.15) is 0 Å². The van der Waals surface area contributed by atoms with Crippen molar-refractivity contribution in [2.75, 3.05) is 11.9 Å². The number of hydrogen-bond acceptors (Lipinski definition) is 6. The zero-order chi connectivity index (χ0) is 22.7. The predicted octanol–water partition coefficient (Wildman–Crippen LogP) is 3.25. The second-order valence-electron chi connectivity index (χ2n) is 7.64. The van der Waals surface area contributed by atoms with Gasteiger partial charge in [0.15, 0.2) is 5.69 Å². The van der Waals surface area contributed by atoms with Crippen molar-refractivity contribution in [3.8, 4) is 5.69 Å². The van der Waals surface area contributed by atoms with Gasteiger partial charge in [0.2, 0.25) is 5.91 Å². The number of non-ortho nitro benzene ring substituents is 1. The first kappa shape index (κ1) is 21.2. The molecule has 10 heteroatoms. The summed E-state index contributed by atoms with van der Waals surface area (Å²) in [6.07, 6.45) is 2.51. The lowest BCUT2D eigenvalue weighted by Crippen LogP contribution is -2.34. The van der Waals surface area contributed by atoms with Crippen molar-refractivity contribution in [1.29, 1.82) is 0 Å². The number of anilines is 1. The number of amides is 2. The molecule has 3 aromatic rings. The highest BCUT2D eigenvalue weighted by molar-refractivity contribution is 6.03. The number of benzene rings is 2. The van der Waals surface area contributed by atoms with E-state index in [4.69, 9.17) is 0 Å². The Labute approximate surface area is 184 Å². The first-order valence-electron chi connectivity index (χ1n) is 10.3. The van der Waals surface area contributed by atoms with Crippen LogP contribution in [-0.4, -0.2) is 43.2 Å². The van der Waals surface area contributed by atoms with Crippen LogP contribution in [0.2, 0.25) is 0 Å². The van der Waals surface area contributed by atoms with Gasteiger partial charge in [0.25, 0.3) is 11.6 Å². The molecular weight excluding hydrogens is 412 g/mol. The third-order valence-corrected chi connectivity index (χ3v) is 5.37. The smallest absolute Gasteiger partial charge is 0.278 e. The van der Waals surface area contributed by atoms with Crippen LogP contribution >= 0.6 is 0 Å². The van der Waals surface area contributed by atoms with E-state index in [1.54, 1.807) is 25.1 Å². The van der Waals surface area contributed by atoms with Crippen molar-refractivity contribution in [2.24, 2.45) is 0 Å². The molecule has 1 aliphatic rings. The number of aromatic nitrogens is 3. The maximum atomic E-state index is 12.8. The molecule has 2 aromatic carbocycles. The minimum atomic E-state index is -0.492. The van der Waals surface area contributed by atoms with Crippen LogP contribution in [0.5, 0.6) is 0 Å². The van der Waals surface area contributed by atoms with Crippen molar-refractivity contribution >= 4 is 23.2 Å². The topological polar surface area (TPSA) is 123 Å². The fraction of sp³-hybridized carbons (Fsp3) is 0.273. The SMILES string of the molecule is Cc1c(C(=O)Nc2cccc(CN3CCCCC3=O)c2)nnn1-c1cccc([N+](=O)[O-])c1. The van der Waals surface area contributed by atoms with E-state index >= 15 is 0 Å². The summed E-state index contributed by atoms with van der Waals surface area (Å²) in [6, 6.07) is 13.3. The Hall–Kier alpha value is -4.08. The summed E-state index contributed by atoms with van der Waals surface area (Å²) in [6.45, 7) is 2.92. The Morgan fingerprint density at radius 2 is 2.00 bits per heavy atom. The molecule has 0 aliphatic carbocycles. The van der Waals surface area contributed by atoms with Gasteiger partial charge in [-0.1, -0.05) is 23.4 Å². The molecule has 1 aliphatic heterocycles. The maximum Gasteiger partial charge on any atom is 0.278 e. The molecule has 4 rings (SSSR count). The van der Waals surface area contributed by atoms with Crippen molar-refractivity contribution in [1.82, 2.24) is 19.9 Å². The lowest BCUT2D eigenvalue weighted by Gasteiger charge is -2.26. The van der Waals surface area contributed by atoms with E-state index in [0.29, 0.717) is 30.0 Å². The van der Waals surface area contributed by atoms with Crippen LogP contribution in [0, 0.1) is 17.0 Å². The molecule has 2 amide bonds. The predicted molar refractivity (Wildman–Crippen MR) is 116 cm³/mol. The number of likely N-dealkylation sites (tertiary alicyclic amines) is 1. The molecule has 0 unspecified atom stereocenters. The summed E-state index contributed by atoms with van der Waals surface area (Å²) in [4.78, 5) is 37.2. The summed E-state index contributed by atoms with van der Waals surface area (Å²) in [5.74, 6) is -0.288. The molecule has 1 saturated heterocycles. The van der Waals surface area contributed by atoms with E-state index in [1.165, 1.54) is 16.8 Å². The largest absolute Gasteiger partial charge is 0.338 e. The van der Waals surface area contributed by atoms with Gasteiger partial charge in [-0.3, -0.25) is 19.7 Å². The molecule has 2 heterocycles. The molecule has 32 heavy (non-hydrogen) atoms. The van der Waals surface area contributed by atoms with E-state index in [-0.39, 0.29) is 17.3 Å². The Bertz CT molecular complexity index is 1190. The third kappa shape index (κ3) is 4.48. The van der Waals surface area contributed by atoms with Crippen LogP contribution in [-0.2, 0) is 11.3 Å². The summed E-state index contributed by atoms with van der Waals surface area (Å²) >= 11 is 0. The Morgan fingerprint density at radius 3 is 2.78 bits per heavy atom. The summed E-state index contributed by atoms with van der Waals surface area (Å²) in [5, 5.41) is 21.8. The van der Waals surface area contributed by atoms with Crippen molar-refractivity contribution in [3.05, 3.63) is 75.6 Å². The van der Waals surface area contributed by atoms with Crippen molar-refractivity contribution < 1.29 is 14.5 Å². The Morgan fingerprint density at radius 1 is 1.19 bits per heavy atom. The van der Waals surface area contributed by atoms with Crippen LogP contribution in [0.3, 0.4) is 0 Å². The van der Waals surface area contributed by atoms with E-state index < -0.39 is 10.8 Å². The number of rotatable bonds is 6. The third-order valence-electron chi connectivity index (χ3n) is 5.37. The van der Waals surface area contributed by atoms with Crippen LogP contribution in [0.25, 0.3) is 5.69 Å². The molecule has 0 atom stereocenters. The Kier molecular flexibility index (Phi) is 5.93. The molecule has 0 radical (unpaired) electrons. The number of piperidine rings is 1. The standard InChI is InChI=1S/C22H22N6O4/c1-15-21(24-25-27(15)18-8-5-9-19(13-18)28(31)32)22(30)23-17-7-4-6-16(12-17)14-26-11-3-2-10-20(26)29/h4-9,12-13H,2-3,10-11,14H2,1H3,(H,23,30). The number of nitrogens with one attached hydrogen (secondary N) is 1. The monoisotopic (exact) mass is 434 g/mol. The molecule has 0 saturated carbocycles. The lowest BCUT2D eigenvalue weighted by atomic mass is 10.1. The molecule has 10 nitrogen and oxygen atoms in total. The van der Waals surface area contributed by atoms with E-state index in [9.17, 15) is 19.7 Å². The first-order chi connectivity index (χ1) is 15.4. The average Bonchev–Trinajstić information content (AvgIpc) is 3.17. The van der Waals surface area contributed by atoms with Gasteiger partial charge in [-0.05, 0) is 43.5 Å². The van der Waals surface area contributed by atoms with E-state index in [2.05, 4.69) is 15.6 Å². The fourth-order valence-corrected chi connectivity index (χ4v) is 3.71. The van der Waals surface area contributed by atoms with E-state index in [0.717, 1.165) is 24.9 Å². The number of hydrogen-bond donors (Lipinski definition) is 1. The quantitative estimate of drug-likeness (QED) is 0.469. The van der Waals surface area contributed by atoms with Gasteiger partial charge in [0, 0.05) is 37.3 Å². The second-order valence-corrected chi connectivity index (χ2v) is 7.64. The van der Waals surface area contributed by atoms with Gasteiger partial charge in [-0.25, -0.2) is 4.68 Å². The molecular formula is C22H22N6O4. The normalized spacial score (nSPS) is 13.8. The van der Waals surface area contributed by atoms with Gasteiger partial charge in [0.05, 0.1) is 16.3 Å². The molecule has 1 aromatic heterocycles. The molecule has 1 N–H and O–H groups in total. The summed E-state index contributed by atoms with van der Waals surface area (Å²) in [5.41, 5.74) is 2.45. The highest BCUT2D eigenvalue weighted by Crippen LogP contribution is 2.20. The average molecular weight is 434 g/mol. The van der Waals surface area contributed by atoms with Crippen LogP contribution < -0.4 is 5.32 Å². The molecule has 0 spiro atoms. The highest BCUT2D eigenvalue weighted by atomic mass is 16.6. The van der Waals surface area contributed by atoms with E-state index in [1.807, 2.05) is 23.1 Å². The molecule has 1 fully saturated rings. The van der Waals surface area contributed by atoms with Gasteiger partial charge < -0.3 is 10.2 Å². The zero-order valence-electron chi connectivity index (χ0n) is 17.5. The van der Waals surface area contributed by atoms with Gasteiger partial charge in [-0.15, -0.1) is 5.10 Å². The first-order valence-corrected chi connectivity index (χ1v) is 10.3. The molecule has 164 valence electrons. The summed E-state index contributed by atoms with van der Waals surface area (Å²) < 4.78 is 1.39. The van der Waals surface area contributed by atoms with Crippen molar-refractivity contribution in [3.63, 3.8) is 0 Å². The Balaban J connectivity index is 1.50. The minimum absolute atomic E-state index is 0.0765. The number of nitro benzene ring substituents is 1. The van der Waals surface area contributed by atoms with Crippen LogP contribution in [0.15, 0.2) is 48.5 Å². The van der Waals surface area contributed by atoms with Gasteiger partial charge >= 0.3 is 0 Å². The fourth-order valence-electron chi connectivity index (χ4n) is 3.71. The van der Waals surface area contributed by atoms with Crippen LogP contribution in [0.4, 0.5) is 11.4 Å². The number of carbonyl (C=O) groups excluding carboxylic acids is 2. The number of nitrogens with zero attached hydrogens (tertiary/aromatic N) is 5. The van der Waals surface area contributed by atoms with Crippen molar-refractivity contribution in [2.45, 2.75) is 32.7 Å². The maximum absolute atomic E-state index is 12.8. The van der Waals surface area contributed by atoms with Crippen LogP contribution in [0.1, 0.15) is 41.0 Å². The highest BCUT2D eigenvalue weighted by Gasteiger charge is 2.20. The number of nitro groups is 1. The van der Waals surface area contributed by atoms with Gasteiger partial charge in [-0.2, -0.15) is 0 Å². The zero-order valence-corrected chi connectivity index (χ0v) is 17.5. The molecule has 0 bridgehead atoms. The minimum Gasteiger partial charge on any atom is -0.338 e. The summed E-state index contributed by atoms with van der Waals surface area (Å²) in [7, 11) is 0. The second kappa shape index (κ2) is 8.96. The number of carbonyl (C=O) groups is 2.